The minimum Gasteiger partial charge on any atom is -0.379 e. The van der Waals surface area contributed by atoms with Crippen molar-refractivity contribution in [3.8, 4) is 0 Å². The zero-order valence-electron chi connectivity index (χ0n) is 19.1. The lowest BCUT2D eigenvalue weighted by molar-refractivity contribution is -0.0104. The van der Waals surface area contributed by atoms with Gasteiger partial charge in [-0.1, -0.05) is 6.08 Å². The Morgan fingerprint density at radius 2 is 2.03 bits per heavy atom. The first-order valence-electron chi connectivity index (χ1n) is 11.6. The molecular formula is C23H37N5O2S. The van der Waals surface area contributed by atoms with Crippen LogP contribution < -0.4 is 5.32 Å². The van der Waals surface area contributed by atoms with E-state index in [1.165, 1.54) is 5.69 Å². The summed E-state index contributed by atoms with van der Waals surface area (Å²) in [7, 11) is 0. The highest BCUT2D eigenvalue weighted by Crippen LogP contribution is 2.27. The van der Waals surface area contributed by atoms with E-state index in [2.05, 4.69) is 30.6 Å². The topological polar surface area (TPSA) is 62.6 Å². The lowest BCUT2D eigenvalue weighted by Crippen LogP contribution is -2.56. The van der Waals surface area contributed by atoms with Gasteiger partial charge in [-0.15, -0.1) is 6.58 Å². The van der Waals surface area contributed by atoms with E-state index in [-0.39, 0.29) is 11.4 Å². The van der Waals surface area contributed by atoms with E-state index in [9.17, 15) is 4.79 Å². The number of thioether (sulfide) groups is 1. The van der Waals surface area contributed by atoms with Crippen LogP contribution in [0, 0.1) is 0 Å². The largest absolute Gasteiger partial charge is 0.379 e. The van der Waals surface area contributed by atoms with Crippen LogP contribution in [0.3, 0.4) is 0 Å². The van der Waals surface area contributed by atoms with E-state index in [4.69, 9.17) is 9.84 Å². The summed E-state index contributed by atoms with van der Waals surface area (Å²) in [6.07, 6.45) is 4.77. The molecule has 2 aliphatic heterocycles. The van der Waals surface area contributed by atoms with Crippen molar-refractivity contribution in [1.82, 2.24) is 24.9 Å². The van der Waals surface area contributed by atoms with Gasteiger partial charge in [0, 0.05) is 67.1 Å². The van der Waals surface area contributed by atoms with Gasteiger partial charge in [0.05, 0.1) is 19.8 Å². The number of nitrogens with zero attached hydrogens (tertiary/aromatic N) is 4. The molecule has 172 valence electrons. The molecule has 0 spiro atoms. The fourth-order valence-electron chi connectivity index (χ4n) is 4.90. The smallest absolute Gasteiger partial charge is 0.274 e. The molecule has 31 heavy (non-hydrogen) atoms. The molecule has 2 fully saturated rings. The fourth-order valence-corrected chi connectivity index (χ4v) is 5.80. The Kier molecular flexibility index (Phi) is 7.41. The number of amides is 1. The van der Waals surface area contributed by atoms with Gasteiger partial charge in [-0.25, -0.2) is 0 Å². The average molecular weight is 448 g/mol. The maximum atomic E-state index is 13.3. The van der Waals surface area contributed by atoms with Crippen molar-refractivity contribution in [2.45, 2.75) is 51.2 Å². The van der Waals surface area contributed by atoms with Crippen molar-refractivity contribution < 1.29 is 9.53 Å². The third-order valence-electron chi connectivity index (χ3n) is 6.84. The maximum absolute atomic E-state index is 13.3. The Bertz CT molecular complexity index is 781. The fraction of sp³-hybridized carbons (Fsp3) is 0.739. The number of nitrogens with one attached hydrogen (secondary N) is 1. The van der Waals surface area contributed by atoms with E-state index in [0.29, 0.717) is 18.3 Å². The van der Waals surface area contributed by atoms with E-state index < -0.39 is 0 Å². The van der Waals surface area contributed by atoms with Crippen LogP contribution in [-0.2, 0) is 24.1 Å². The quantitative estimate of drug-likeness (QED) is 0.644. The SMILES string of the molecule is C=CCn1nc(C(=O)N2CCSCC2)c2c1CC[C@H](NCC(C)(C)N1CCOCC1)C2. The van der Waals surface area contributed by atoms with Crippen LogP contribution in [0.4, 0.5) is 0 Å². The number of aromatic nitrogens is 2. The molecule has 1 aromatic rings. The van der Waals surface area contributed by atoms with Crippen LogP contribution in [0.2, 0.25) is 0 Å². The van der Waals surface area contributed by atoms with Crippen molar-refractivity contribution in [2.24, 2.45) is 0 Å². The van der Waals surface area contributed by atoms with Gasteiger partial charge >= 0.3 is 0 Å². The van der Waals surface area contributed by atoms with E-state index in [0.717, 1.165) is 82.3 Å². The Morgan fingerprint density at radius 1 is 1.29 bits per heavy atom. The first kappa shape index (κ1) is 22.8. The number of allylic oxidation sites excluding steroid dienone is 1. The predicted octanol–water partition coefficient (Wildman–Crippen LogP) is 1.82. The first-order valence-corrected chi connectivity index (χ1v) is 12.8. The van der Waals surface area contributed by atoms with Crippen LogP contribution in [0.1, 0.15) is 42.0 Å². The maximum Gasteiger partial charge on any atom is 0.274 e. The van der Waals surface area contributed by atoms with Gasteiger partial charge in [0.2, 0.25) is 0 Å². The van der Waals surface area contributed by atoms with E-state index in [1.807, 2.05) is 27.4 Å². The average Bonchev–Trinajstić information content (AvgIpc) is 3.16. The molecule has 0 unspecified atom stereocenters. The minimum absolute atomic E-state index is 0.0845. The number of hydrogen-bond donors (Lipinski definition) is 1. The first-order chi connectivity index (χ1) is 15.0. The van der Waals surface area contributed by atoms with Crippen LogP contribution in [0.25, 0.3) is 0 Å². The van der Waals surface area contributed by atoms with Gasteiger partial charge in [-0.2, -0.15) is 16.9 Å². The van der Waals surface area contributed by atoms with Crippen LogP contribution in [0.5, 0.6) is 0 Å². The van der Waals surface area contributed by atoms with E-state index >= 15 is 0 Å². The Hall–Kier alpha value is -1.35. The molecule has 0 aromatic carbocycles. The van der Waals surface area contributed by atoms with Gasteiger partial charge in [-0.3, -0.25) is 14.4 Å². The van der Waals surface area contributed by atoms with Gasteiger partial charge in [0.1, 0.15) is 0 Å². The summed E-state index contributed by atoms with van der Waals surface area (Å²) in [5.41, 5.74) is 3.13. The Labute approximate surface area is 190 Å². The normalized spacial score (nSPS) is 22.9. The highest BCUT2D eigenvalue weighted by atomic mass is 32.2. The molecule has 1 atom stereocenters. The third kappa shape index (κ3) is 5.18. The molecule has 0 radical (unpaired) electrons. The lowest BCUT2D eigenvalue weighted by Gasteiger charge is -2.42. The summed E-state index contributed by atoms with van der Waals surface area (Å²) < 4.78 is 7.52. The molecule has 0 saturated carbocycles. The molecule has 4 rings (SSSR count). The molecule has 0 bridgehead atoms. The van der Waals surface area contributed by atoms with Crippen molar-refractivity contribution in [2.75, 3.05) is 57.4 Å². The zero-order valence-corrected chi connectivity index (χ0v) is 19.9. The van der Waals surface area contributed by atoms with Crippen LogP contribution in [0.15, 0.2) is 12.7 Å². The highest BCUT2D eigenvalue weighted by Gasteiger charge is 2.33. The summed E-state index contributed by atoms with van der Waals surface area (Å²) in [5, 5.41) is 8.59. The molecular weight excluding hydrogens is 410 g/mol. The third-order valence-corrected chi connectivity index (χ3v) is 7.78. The molecule has 2 saturated heterocycles. The summed E-state index contributed by atoms with van der Waals surface area (Å²) in [6.45, 7) is 15.4. The zero-order chi connectivity index (χ0) is 21.8. The number of rotatable bonds is 7. The van der Waals surface area contributed by atoms with Crippen molar-refractivity contribution in [3.05, 3.63) is 29.6 Å². The molecule has 1 aliphatic carbocycles. The molecule has 3 aliphatic rings. The summed E-state index contributed by atoms with van der Waals surface area (Å²) in [5.74, 6) is 2.14. The van der Waals surface area contributed by atoms with Gasteiger partial charge in [0.25, 0.3) is 5.91 Å². The molecule has 1 N–H and O–H groups in total. The monoisotopic (exact) mass is 447 g/mol. The summed E-state index contributed by atoms with van der Waals surface area (Å²) >= 11 is 1.92. The number of carbonyl (C=O) groups is 1. The number of morpholine rings is 1. The number of ether oxygens (including phenoxy) is 1. The summed E-state index contributed by atoms with van der Waals surface area (Å²) in [4.78, 5) is 17.8. The van der Waals surface area contributed by atoms with Crippen LogP contribution in [-0.4, -0.2) is 94.5 Å². The second-order valence-corrected chi connectivity index (χ2v) is 10.6. The molecule has 3 heterocycles. The molecule has 7 nitrogen and oxygen atoms in total. The summed E-state index contributed by atoms with van der Waals surface area (Å²) in [6, 6.07) is 0.373. The second-order valence-electron chi connectivity index (χ2n) is 9.38. The Balaban J connectivity index is 1.46. The number of hydrogen-bond acceptors (Lipinski definition) is 6. The predicted molar refractivity (Wildman–Crippen MR) is 126 cm³/mol. The highest BCUT2D eigenvalue weighted by molar-refractivity contribution is 7.99. The molecule has 1 aromatic heterocycles. The molecule has 1 amide bonds. The minimum atomic E-state index is 0.0845. The van der Waals surface area contributed by atoms with Crippen LogP contribution >= 0.6 is 11.8 Å². The number of fused-ring (bicyclic) bond motifs is 1. The number of carbonyl (C=O) groups excluding carboxylic acids is 1. The van der Waals surface area contributed by atoms with Gasteiger partial charge < -0.3 is 15.0 Å². The second kappa shape index (κ2) is 10.1. The van der Waals surface area contributed by atoms with Gasteiger partial charge in [-0.05, 0) is 33.1 Å². The van der Waals surface area contributed by atoms with Crippen molar-refractivity contribution in [1.29, 1.82) is 0 Å². The lowest BCUT2D eigenvalue weighted by atomic mass is 9.90. The van der Waals surface area contributed by atoms with E-state index in [1.54, 1.807) is 0 Å². The Morgan fingerprint density at radius 3 is 2.74 bits per heavy atom. The van der Waals surface area contributed by atoms with Gasteiger partial charge in [0.15, 0.2) is 5.69 Å². The standard InChI is InChI=1S/C23H37N5O2S/c1-4-7-28-20-6-5-18(24-17-23(2,3)27-8-12-30-13-9-27)16-19(20)21(25-28)22(29)26-10-14-31-15-11-26/h4,18,24H,1,5-17H2,2-3H3/t18-/m0/s1. The van der Waals surface area contributed by atoms with Crippen molar-refractivity contribution >= 4 is 17.7 Å². The molecule has 8 heteroatoms. The van der Waals surface area contributed by atoms with Crippen molar-refractivity contribution in [3.63, 3.8) is 0 Å².